The first kappa shape index (κ1) is 22.0. The van der Waals surface area contributed by atoms with Crippen molar-refractivity contribution in [2.75, 3.05) is 19.6 Å². The molecule has 0 saturated carbocycles. The predicted octanol–water partition coefficient (Wildman–Crippen LogP) is 2.76. The maximum Gasteiger partial charge on any atom is 0.325 e. The average Bonchev–Trinajstić information content (AvgIpc) is 3.41. The lowest BCUT2D eigenvalue weighted by Crippen LogP contribution is -2.44. The van der Waals surface area contributed by atoms with E-state index in [2.05, 4.69) is 21.6 Å². The smallest absolute Gasteiger partial charge is 0.325 e. The molecule has 0 radical (unpaired) electrons. The molecular weight excluding hydrogens is 404 g/mol. The number of benzene rings is 2. The molecule has 0 unspecified atom stereocenters. The summed E-state index contributed by atoms with van der Waals surface area (Å²) in [6, 6.07) is 16.7. The molecule has 2 saturated heterocycles. The number of hydrogen-bond acceptors (Lipinski definition) is 4. The van der Waals surface area contributed by atoms with Crippen molar-refractivity contribution in [3.8, 4) is 0 Å². The Hall–Kier alpha value is -3.19. The lowest BCUT2D eigenvalue weighted by Gasteiger charge is -2.25. The van der Waals surface area contributed by atoms with E-state index in [0.717, 1.165) is 35.7 Å². The minimum absolute atomic E-state index is 0.298. The predicted molar refractivity (Wildman–Crippen MR) is 121 cm³/mol. The van der Waals surface area contributed by atoms with E-state index < -0.39 is 11.6 Å². The number of rotatable bonds is 8. The zero-order valence-corrected chi connectivity index (χ0v) is 18.5. The quantitative estimate of drug-likeness (QED) is 0.626. The normalized spacial score (nSPS) is 21.1. The molecule has 168 valence electrons. The van der Waals surface area contributed by atoms with Gasteiger partial charge in [0.15, 0.2) is 0 Å². The van der Waals surface area contributed by atoms with Crippen LogP contribution in [0.25, 0.3) is 0 Å². The van der Waals surface area contributed by atoms with Crippen molar-refractivity contribution in [3.05, 3.63) is 71.3 Å². The van der Waals surface area contributed by atoms with Gasteiger partial charge in [0.05, 0.1) is 0 Å². The fraction of sp³-hybridized carbons (Fsp3) is 0.400. The van der Waals surface area contributed by atoms with E-state index >= 15 is 0 Å². The maximum atomic E-state index is 13.2. The zero-order chi connectivity index (χ0) is 22.6. The van der Waals surface area contributed by atoms with Gasteiger partial charge in [-0.3, -0.25) is 19.4 Å². The highest BCUT2D eigenvalue weighted by Crippen LogP contribution is 2.32. The number of hydrogen-bond donors (Lipinski definition) is 2. The third-order valence-electron chi connectivity index (χ3n) is 6.46. The van der Waals surface area contributed by atoms with Gasteiger partial charge in [-0.15, -0.1) is 0 Å². The van der Waals surface area contributed by atoms with Crippen LogP contribution in [-0.4, -0.2) is 47.3 Å². The minimum Gasteiger partial charge on any atom is -0.350 e. The van der Waals surface area contributed by atoms with Crippen molar-refractivity contribution < 1.29 is 14.4 Å². The molecule has 7 nitrogen and oxygen atoms in total. The molecule has 2 fully saturated rings. The number of carbonyl (C=O) groups is 3. The molecule has 2 N–H and O–H groups in total. The second kappa shape index (κ2) is 9.53. The molecular formula is C25H30N4O3. The highest BCUT2D eigenvalue weighted by Gasteiger charge is 2.51. The molecule has 7 heteroatoms. The van der Waals surface area contributed by atoms with Gasteiger partial charge in [-0.2, -0.15) is 0 Å². The van der Waals surface area contributed by atoms with Crippen LogP contribution in [0, 0.1) is 0 Å². The summed E-state index contributed by atoms with van der Waals surface area (Å²) >= 11 is 0. The highest BCUT2D eigenvalue weighted by molar-refractivity contribution is 6.09. The van der Waals surface area contributed by atoms with Gasteiger partial charge in [0.2, 0.25) is 5.91 Å². The van der Waals surface area contributed by atoms with Crippen molar-refractivity contribution in [1.29, 1.82) is 0 Å². The zero-order valence-electron chi connectivity index (χ0n) is 18.5. The molecule has 2 aliphatic heterocycles. The lowest BCUT2D eigenvalue weighted by molar-refractivity contribution is -0.135. The van der Waals surface area contributed by atoms with E-state index in [0.29, 0.717) is 13.0 Å². The minimum atomic E-state index is -1.12. The van der Waals surface area contributed by atoms with Gasteiger partial charge in [0.1, 0.15) is 12.1 Å². The molecule has 1 atom stereocenters. The summed E-state index contributed by atoms with van der Waals surface area (Å²) in [7, 11) is 0. The number of carbonyl (C=O) groups excluding carboxylic acids is 3. The monoisotopic (exact) mass is 434 g/mol. The van der Waals surface area contributed by atoms with Crippen LogP contribution in [0.2, 0.25) is 0 Å². The van der Waals surface area contributed by atoms with Crippen LogP contribution in [0.3, 0.4) is 0 Å². The third kappa shape index (κ3) is 4.39. The Morgan fingerprint density at radius 1 is 1.00 bits per heavy atom. The number of imide groups is 1. The van der Waals surface area contributed by atoms with E-state index in [-0.39, 0.29) is 18.4 Å². The summed E-state index contributed by atoms with van der Waals surface area (Å²) in [4.78, 5) is 41.9. The molecule has 2 aromatic rings. The molecule has 0 bridgehead atoms. The number of nitrogens with one attached hydrogen (secondary N) is 2. The second-order valence-electron chi connectivity index (χ2n) is 8.48. The summed E-state index contributed by atoms with van der Waals surface area (Å²) in [6.45, 7) is 5.00. The first-order chi connectivity index (χ1) is 15.5. The third-order valence-corrected chi connectivity index (χ3v) is 6.46. The first-order valence-electron chi connectivity index (χ1n) is 11.3. The number of amides is 4. The molecule has 4 amide bonds. The van der Waals surface area contributed by atoms with Crippen molar-refractivity contribution in [3.63, 3.8) is 0 Å². The lowest BCUT2D eigenvalue weighted by atomic mass is 9.87. The van der Waals surface area contributed by atoms with Crippen LogP contribution in [-0.2, 0) is 28.2 Å². The van der Waals surface area contributed by atoms with Gasteiger partial charge in [-0.25, -0.2) is 4.79 Å². The van der Waals surface area contributed by atoms with Crippen LogP contribution >= 0.6 is 0 Å². The van der Waals surface area contributed by atoms with Crippen molar-refractivity contribution in [2.45, 2.75) is 44.8 Å². The number of likely N-dealkylation sites (tertiary alicyclic amines) is 1. The Bertz CT molecular complexity index is 988. The van der Waals surface area contributed by atoms with E-state index in [4.69, 9.17) is 0 Å². The molecule has 0 aliphatic carbocycles. The summed E-state index contributed by atoms with van der Waals surface area (Å²) < 4.78 is 0. The van der Waals surface area contributed by atoms with Crippen molar-refractivity contribution >= 4 is 17.8 Å². The van der Waals surface area contributed by atoms with Gasteiger partial charge < -0.3 is 10.6 Å². The van der Waals surface area contributed by atoms with Crippen LogP contribution < -0.4 is 10.6 Å². The summed E-state index contributed by atoms with van der Waals surface area (Å²) in [5.74, 6) is -0.745. The fourth-order valence-corrected chi connectivity index (χ4v) is 4.59. The molecule has 0 aromatic heterocycles. The van der Waals surface area contributed by atoms with Gasteiger partial charge in [-0.1, -0.05) is 61.5 Å². The van der Waals surface area contributed by atoms with Crippen LogP contribution in [0.4, 0.5) is 4.79 Å². The topological polar surface area (TPSA) is 81.8 Å². The Labute approximate surface area is 188 Å². The number of nitrogens with zero attached hydrogens (tertiary/aromatic N) is 2. The highest BCUT2D eigenvalue weighted by atomic mass is 16.2. The molecule has 0 spiro atoms. The van der Waals surface area contributed by atoms with E-state index in [1.807, 2.05) is 55.5 Å². The second-order valence-corrected chi connectivity index (χ2v) is 8.48. The molecule has 4 rings (SSSR count). The van der Waals surface area contributed by atoms with E-state index in [1.165, 1.54) is 18.4 Å². The first-order valence-corrected chi connectivity index (χ1v) is 11.3. The van der Waals surface area contributed by atoms with Gasteiger partial charge in [0, 0.05) is 13.1 Å². The van der Waals surface area contributed by atoms with Crippen LogP contribution in [0.5, 0.6) is 0 Å². The standard InChI is InChI=1S/C25H30N4O3/c1-2-25(21-12-4-3-5-13-21)23(31)29(24(32)27-25)18-22(30)26-16-19-10-6-7-11-20(19)17-28-14-8-9-15-28/h3-7,10-13H,2,8-9,14-18H2,1H3,(H,26,30)(H,27,32)/t25-/m0/s1. The van der Waals surface area contributed by atoms with E-state index in [1.54, 1.807) is 0 Å². The average molecular weight is 435 g/mol. The van der Waals surface area contributed by atoms with Crippen molar-refractivity contribution in [1.82, 2.24) is 20.4 Å². The Balaban J connectivity index is 1.40. The Kier molecular flexibility index (Phi) is 6.55. The van der Waals surface area contributed by atoms with Crippen LogP contribution in [0.15, 0.2) is 54.6 Å². The Morgan fingerprint density at radius 3 is 2.34 bits per heavy atom. The fourth-order valence-electron chi connectivity index (χ4n) is 4.59. The summed E-state index contributed by atoms with van der Waals surface area (Å²) in [6.07, 6.45) is 2.86. The summed E-state index contributed by atoms with van der Waals surface area (Å²) in [5, 5.41) is 5.70. The maximum absolute atomic E-state index is 13.2. The molecule has 2 aromatic carbocycles. The van der Waals surface area contributed by atoms with Gasteiger partial charge in [-0.05, 0) is 49.0 Å². The van der Waals surface area contributed by atoms with Crippen molar-refractivity contribution in [2.24, 2.45) is 0 Å². The molecule has 2 aliphatic rings. The van der Waals surface area contributed by atoms with Gasteiger partial charge in [0.25, 0.3) is 5.91 Å². The Morgan fingerprint density at radius 2 is 1.66 bits per heavy atom. The largest absolute Gasteiger partial charge is 0.350 e. The summed E-state index contributed by atoms with van der Waals surface area (Å²) in [5.41, 5.74) is 1.84. The van der Waals surface area contributed by atoms with Crippen LogP contribution in [0.1, 0.15) is 42.9 Å². The van der Waals surface area contributed by atoms with Gasteiger partial charge >= 0.3 is 6.03 Å². The molecule has 2 heterocycles. The van der Waals surface area contributed by atoms with E-state index in [9.17, 15) is 14.4 Å². The SMILES string of the molecule is CC[C@@]1(c2ccccc2)NC(=O)N(CC(=O)NCc2ccccc2CN2CCCC2)C1=O. The molecule has 32 heavy (non-hydrogen) atoms. The number of urea groups is 1.